The highest BCUT2D eigenvalue weighted by Crippen LogP contribution is 2.33. The third-order valence-corrected chi connectivity index (χ3v) is 4.44. The van der Waals surface area contributed by atoms with Gasteiger partial charge in [0.05, 0.1) is 29.7 Å². The molecule has 1 N–H and O–H groups in total. The van der Waals surface area contributed by atoms with Crippen molar-refractivity contribution in [3.8, 4) is 6.07 Å². The summed E-state index contributed by atoms with van der Waals surface area (Å²) in [5.41, 5.74) is 1.25. The number of carbonyl (C=O) groups is 2. The van der Waals surface area contributed by atoms with Crippen molar-refractivity contribution in [3.63, 3.8) is 0 Å². The van der Waals surface area contributed by atoms with Gasteiger partial charge in [-0.05, 0) is 26.3 Å². The number of aryl methyl sites for hydroxylation is 1. The van der Waals surface area contributed by atoms with Crippen molar-refractivity contribution >= 4 is 40.0 Å². The van der Waals surface area contributed by atoms with Gasteiger partial charge in [-0.15, -0.1) is 23.1 Å². The average Bonchev–Trinajstić information content (AvgIpc) is 2.65. The van der Waals surface area contributed by atoms with Gasteiger partial charge in [-0.3, -0.25) is 4.79 Å². The third kappa shape index (κ3) is 4.25. The van der Waals surface area contributed by atoms with Gasteiger partial charge in [0, 0.05) is 4.88 Å². The van der Waals surface area contributed by atoms with Crippen molar-refractivity contribution in [2.24, 2.45) is 0 Å². The summed E-state index contributed by atoms with van der Waals surface area (Å²) in [6.45, 7) is 5.75. The summed E-state index contributed by atoms with van der Waals surface area (Å²) in [7, 11) is 0. The predicted molar refractivity (Wildman–Crippen MR) is 81.3 cm³/mol. The predicted octanol–water partition coefficient (Wildman–Crippen LogP) is 2.74. The molecule has 0 saturated carbocycles. The highest BCUT2D eigenvalue weighted by molar-refractivity contribution is 8.00. The van der Waals surface area contributed by atoms with Crippen LogP contribution >= 0.6 is 23.1 Å². The Bertz CT molecular complexity index is 547. The maximum absolute atomic E-state index is 11.9. The van der Waals surface area contributed by atoms with Gasteiger partial charge in [-0.1, -0.05) is 0 Å². The lowest BCUT2D eigenvalue weighted by Crippen LogP contribution is -2.16. The number of amides is 1. The van der Waals surface area contributed by atoms with E-state index in [0.29, 0.717) is 17.2 Å². The maximum Gasteiger partial charge on any atom is 0.341 e. The Balaban J connectivity index is 2.84. The molecular weight excluding hydrogens is 296 g/mol. The molecule has 0 aliphatic rings. The molecule has 5 nitrogen and oxygen atoms in total. The number of anilines is 1. The van der Waals surface area contributed by atoms with Crippen LogP contribution in [0.25, 0.3) is 0 Å². The highest BCUT2D eigenvalue weighted by Gasteiger charge is 2.21. The molecule has 1 rings (SSSR count). The van der Waals surface area contributed by atoms with Gasteiger partial charge in [0.15, 0.2) is 0 Å². The number of thiophene rings is 1. The van der Waals surface area contributed by atoms with E-state index in [1.165, 1.54) is 23.1 Å². The summed E-state index contributed by atoms with van der Waals surface area (Å²) in [6, 6.07) is 1.96. The monoisotopic (exact) mass is 312 g/mol. The Labute approximate surface area is 126 Å². The molecule has 0 unspecified atom stereocenters. The van der Waals surface area contributed by atoms with Gasteiger partial charge in [-0.25, -0.2) is 4.79 Å². The third-order valence-electron chi connectivity index (χ3n) is 2.52. The summed E-state index contributed by atoms with van der Waals surface area (Å²) in [5.74, 6) is -0.196. The SMILES string of the molecule is CCOC(=O)c1c(NC(=O)CSCC#N)sc(C)c1C. The number of rotatable bonds is 6. The molecule has 0 atom stereocenters. The Morgan fingerprint density at radius 3 is 2.75 bits per heavy atom. The number of nitriles is 1. The zero-order valence-corrected chi connectivity index (χ0v) is 13.2. The molecule has 0 fully saturated rings. The summed E-state index contributed by atoms with van der Waals surface area (Å²) in [6.07, 6.45) is 0. The number of esters is 1. The van der Waals surface area contributed by atoms with E-state index < -0.39 is 5.97 Å². The summed E-state index contributed by atoms with van der Waals surface area (Å²) >= 11 is 2.59. The van der Waals surface area contributed by atoms with Crippen LogP contribution in [0.5, 0.6) is 0 Å². The molecule has 1 amide bonds. The summed E-state index contributed by atoms with van der Waals surface area (Å²) in [5, 5.41) is 11.7. The molecular formula is C13H16N2O3S2. The van der Waals surface area contributed by atoms with Crippen LogP contribution in [0.2, 0.25) is 0 Å². The van der Waals surface area contributed by atoms with E-state index in [-0.39, 0.29) is 17.4 Å². The minimum atomic E-state index is -0.422. The fraction of sp³-hybridized carbons (Fsp3) is 0.462. The van der Waals surface area contributed by atoms with Crippen LogP contribution in [-0.4, -0.2) is 30.0 Å². The Kier molecular flexibility index (Phi) is 6.55. The molecule has 20 heavy (non-hydrogen) atoms. The summed E-state index contributed by atoms with van der Waals surface area (Å²) in [4.78, 5) is 24.6. The van der Waals surface area contributed by atoms with Gasteiger partial charge in [0.1, 0.15) is 5.00 Å². The molecule has 0 aromatic carbocycles. The number of hydrogen-bond donors (Lipinski definition) is 1. The van der Waals surface area contributed by atoms with Crippen LogP contribution in [0.1, 0.15) is 27.7 Å². The van der Waals surface area contributed by atoms with Gasteiger partial charge in [-0.2, -0.15) is 5.26 Å². The molecule has 0 aliphatic carbocycles. The molecule has 0 spiro atoms. The van der Waals surface area contributed by atoms with E-state index in [1.54, 1.807) is 6.92 Å². The lowest BCUT2D eigenvalue weighted by molar-refractivity contribution is -0.113. The number of thioether (sulfide) groups is 1. The average molecular weight is 312 g/mol. The molecule has 0 bridgehead atoms. The van der Waals surface area contributed by atoms with Crippen molar-refractivity contribution in [3.05, 3.63) is 16.0 Å². The second-order valence-electron chi connectivity index (χ2n) is 3.91. The first-order chi connectivity index (χ1) is 9.51. The van der Waals surface area contributed by atoms with Crippen LogP contribution in [0.3, 0.4) is 0 Å². The molecule has 7 heteroatoms. The van der Waals surface area contributed by atoms with Crippen molar-refractivity contribution in [1.82, 2.24) is 0 Å². The van der Waals surface area contributed by atoms with Crippen LogP contribution in [0.4, 0.5) is 5.00 Å². The Morgan fingerprint density at radius 1 is 1.45 bits per heavy atom. The Hall–Kier alpha value is -1.52. The zero-order valence-electron chi connectivity index (χ0n) is 11.6. The molecule has 108 valence electrons. The normalized spacial score (nSPS) is 9.90. The molecule has 0 radical (unpaired) electrons. The van der Waals surface area contributed by atoms with E-state index in [1.807, 2.05) is 19.9 Å². The minimum absolute atomic E-state index is 0.186. The van der Waals surface area contributed by atoms with Gasteiger partial charge in [0.2, 0.25) is 5.91 Å². The van der Waals surface area contributed by atoms with Gasteiger partial charge in [0.25, 0.3) is 0 Å². The first-order valence-electron chi connectivity index (χ1n) is 6.02. The van der Waals surface area contributed by atoms with Crippen molar-refractivity contribution in [1.29, 1.82) is 5.26 Å². The molecule has 0 saturated heterocycles. The van der Waals surface area contributed by atoms with Crippen LogP contribution in [-0.2, 0) is 9.53 Å². The lowest BCUT2D eigenvalue weighted by atomic mass is 10.1. The van der Waals surface area contributed by atoms with Gasteiger partial charge < -0.3 is 10.1 Å². The second-order valence-corrected chi connectivity index (χ2v) is 6.12. The Morgan fingerprint density at radius 2 is 2.15 bits per heavy atom. The quantitative estimate of drug-likeness (QED) is 0.645. The summed E-state index contributed by atoms with van der Waals surface area (Å²) < 4.78 is 5.01. The van der Waals surface area contributed by atoms with E-state index in [9.17, 15) is 9.59 Å². The van der Waals surface area contributed by atoms with Crippen molar-refractivity contribution in [2.45, 2.75) is 20.8 Å². The van der Waals surface area contributed by atoms with Crippen molar-refractivity contribution < 1.29 is 14.3 Å². The molecule has 0 aliphatic heterocycles. The largest absolute Gasteiger partial charge is 0.462 e. The van der Waals surface area contributed by atoms with E-state index >= 15 is 0 Å². The van der Waals surface area contributed by atoms with E-state index in [4.69, 9.17) is 10.00 Å². The topological polar surface area (TPSA) is 79.2 Å². The maximum atomic E-state index is 11.9. The highest BCUT2D eigenvalue weighted by atomic mass is 32.2. The first-order valence-corrected chi connectivity index (χ1v) is 8.00. The fourth-order valence-corrected chi connectivity index (χ4v) is 3.03. The second kappa shape index (κ2) is 7.92. The fourth-order valence-electron chi connectivity index (χ4n) is 1.52. The number of ether oxygens (including phenoxy) is 1. The number of hydrogen-bond acceptors (Lipinski definition) is 6. The van der Waals surface area contributed by atoms with Gasteiger partial charge >= 0.3 is 5.97 Å². The minimum Gasteiger partial charge on any atom is -0.462 e. The smallest absolute Gasteiger partial charge is 0.341 e. The molecule has 1 aromatic heterocycles. The zero-order chi connectivity index (χ0) is 15.1. The van der Waals surface area contributed by atoms with Crippen LogP contribution in [0.15, 0.2) is 0 Å². The number of carbonyl (C=O) groups excluding carboxylic acids is 2. The van der Waals surface area contributed by atoms with E-state index in [2.05, 4.69) is 5.32 Å². The van der Waals surface area contributed by atoms with Crippen LogP contribution in [0, 0.1) is 25.2 Å². The first kappa shape index (κ1) is 16.5. The number of nitrogens with one attached hydrogen (secondary N) is 1. The van der Waals surface area contributed by atoms with E-state index in [0.717, 1.165) is 10.4 Å². The van der Waals surface area contributed by atoms with Crippen molar-refractivity contribution in [2.75, 3.05) is 23.4 Å². The standard InChI is InChI=1S/C13H16N2O3S2/c1-4-18-13(17)11-8(2)9(3)20-12(11)15-10(16)7-19-6-5-14/h4,6-7H2,1-3H3,(H,15,16). The molecule has 1 heterocycles. The molecule has 1 aromatic rings. The van der Waals surface area contributed by atoms with Crippen LogP contribution < -0.4 is 5.32 Å². The lowest BCUT2D eigenvalue weighted by Gasteiger charge is -2.06. The number of nitrogens with zero attached hydrogens (tertiary/aromatic N) is 1.